The topological polar surface area (TPSA) is 50.4 Å². The summed E-state index contributed by atoms with van der Waals surface area (Å²) in [5, 5.41) is 6.48. The minimum Gasteiger partial charge on any atom is -0.444 e. The van der Waals surface area contributed by atoms with Crippen LogP contribution in [0.3, 0.4) is 0 Å². The second-order valence-corrected chi connectivity index (χ2v) is 8.26. The zero-order chi connectivity index (χ0) is 17.1. The summed E-state index contributed by atoms with van der Waals surface area (Å²) in [5.74, 6) is 0. The molecule has 0 heterocycles. The molecule has 0 aliphatic heterocycles. The first-order valence-corrected chi connectivity index (χ1v) is 8.46. The molecule has 0 saturated heterocycles. The van der Waals surface area contributed by atoms with Crippen LogP contribution in [0, 0.1) is 5.41 Å². The molecule has 1 unspecified atom stereocenters. The van der Waals surface area contributed by atoms with Crippen LogP contribution in [0.25, 0.3) is 0 Å². The van der Waals surface area contributed by atoms with E-state index < -0.39 is 5.60 Å². The van der Waals surface area contributed by atoms with E-state index in [2.05, 4.69) is 30.5 Å². The lowest BCUT2D eigenvalue weighted by atomic mass is 9.92. The molecule has 1 aromatic rings. The Kier molecular flexibility index (Phi) is 5.23. The third kappa shape index (κ3) is 5.77. The molecule has 1 fully saturated rings. The number of carbonyl (C=O) groups excluding carboxylic acids is 1. The molecule has 2 N–H and O–H groups in total. The molecular weight excluding hydrogens is 288 g/mol. The fourth-order valence-corrected chi connectivity index (χ4v) is 3.08. The predicted octanol–water partition coefficient (Wildman–Crippen LogP) is 4.70. The van der Waals surface area contributed by atoms with Crippen LogP contribution in [0.1, 0.15) is 59.4 Å². The van der Waals surface area contributed by atoms with Gasteiger partial charge >= 0.3 is 6.09 Å². The van der Waals surface area contributed by atoms with Gasteiger partial charge in [0, 0.05) is 18.3 Å². The number of carbonyl (C=O) groups is 1. The SMILES string of the molecule is CC1(C)CCC(Nc2ccccc2CNC(=O)OC(C)(C)C)C1. The largest absolute Gasteiger partial charge is 0.444 e. The lowest BCUT2D eigenvalue weighted by Gasteiger charge is -2.21. The van der Waals surface area contributed by atoms with Crippen molar-refractivity contribution in [3.8, 4) is 0 Å². The van der Waals surface area contributed by atoms with E-state index in [1.54, 1.807) is 0 Å². The smallest absolute Gasteiger partial charge is 0.407 e. The van der Waals surface area contributed by atoms with E-state index in [0.29, 0.717) is 18.0 Å². The van der Waals surface area contributed by atoms with Crippen molar-refractivity contribution in [2.24, 2.45) is 5.41 Å². The normalized spacial score (nSPS) is 20.1. The molecule has 1 aromatic carbocycles. The Labute approximate surface area is 140 Å². The first kappa shape index (κ1) is 17.6. The van der Waals surface area contributed by atoms with Gasteiger partial charge in [0.15, 0.2) is 0 Å². The summed E-state index contributed by atoms with van der Waals surface area (Å²) < 4.78 is 5.29. The first-order valence-electron chi connectivity index (χ1n) is 8.46. The van der Waals surface area contributed by atoms with Crippen LogP contribution in [-0.4, -0.2) is 17.7 Å². The predicted molar refractivity (Wildman–Crippen MR) is 94.6 cm³/mol. The van der Waals surface area contributed by atoms with Crippen molar-refractivity contribution in [1.29, 1.82) is 0 Å². The number of nitrogens with one attached hydrogen (secondary N) is 2. The Morgan fingerprint density at radius 2 is 2.00 bits per heavy atom. The number of benzene rings is 1. The highest BCUT2D eigenvalue weighted by molar-refractivity contribution is 5.68. The monoisotopic (exact) mass is 318 g/mol. The Bertz CT molecular complexity index is 547. The van der Waals surface area contributed by atoms with Crippen LogP contribution < -0.4 is 10.6 Å². The summed E-state index contributed by atoms with van der Waals surface area (Å²) in [4.78, 5) is 11.8. The van der Waals surface area contributed by atoms with Gasteiger partial charge < -0.3 is 15.4 Å². The van der Waals surface area contributed by atoms with Gasteiger partial charge in [0.2, 0.25) is 0 Å². The van der Waals surface area contributed by atoms with E-state index in [-0.39, 0.29) is 6.09 Å². The third-order valence-corrected chi connectivity index (χ3v) is 4.17. The van der Waals surface area contributed by atoms with E-state index in [1.165, 1.54) is 19.3 Å². The van der Waals surface area contributed by atoms with Crippen LogP contribution in [0.5, 0.6) is 0 Å². The number of hydrogen-bond acceptors (Lipinski definition) is 3. The number of alkyl carbamates (subject to hydrolysis) is 1. The maximum absolute atomic E-state index is 11.8. The first-order chi connectivity index (χ1) is 10.6. The average molecular weight is 318 g/mol. The number of hydrogen-bond donors (Lipinski definition) is 2. The van der Waals surface area contributed by atoms with E-state index in [0.717, 1.165) is 11.3 Å². The number of rotatable bonds is 4. The van der Waals surface area contributed by atoms with Gasteiger partial charge in [0.1, 0.15) is 5.60 Å². The Morgan fingerprint density at radius 3 is 2.61 bits per heavy atom. The quantitative estimate of drug-likeness (QED) is 0.846. The summed E-state index contributed by atoms with van der Waals surface area (Å²) >= 11 is 0. The van der Waals surface area contributed by atoms with Gasteiger partial charge in [-0.15, -0.1) is 0 Å². The summed E-state index contributed by atoms with van der Waals surface area (Å²) in [5.41, 5.74) is 2.13. The zero-order valence-electron chi connectivity index (χ0n) is 15.0. The minimum absolute atomic E-state index is 0.380. The van der Waals surface area contributed by atoms with Crippen molar-refractivity contribution < 1.29 is 9.53 Å². The van der Waals surface area contributed by atoms with E-state index in [1.807, 2.05) is 39.0 Å². The van der Waals surface area contributed by atoms with Crippen molar-refractivity contribution >= 4 is 11.8 Å². The van der Waals surface area contributed by atoms with Crippen LogP contribution in [0.4, 0.5) is 10.5 Å². The van der Waals surface area contributed by atoms with Crippen LogP contribution in [-0.2, 0) is 11.3 Å². The van der Waals surface area contributed by atoms with Gasteiger partial charge in [-0.05, 0) is 57.1 Å². The number of amides is 1. The highest BCUT2D eigenvalue weighted by Gasteiger charge is 2.30. The molecule has 23 heavy (non-hydrogen) atoms. The van der Waals surface area contributed by atoms with Gasteiger partial charge in [0.25, 0.3) is 0 Å². The highest BCUT2D eigenvalue weighted by Crippen LogP contribution is 2.38. The molecule has 0 bridgehead atoms. The fraction of sp³-hybridized carbons (Fsp3) is 0.632. The summed E-state index contributed by atoms with van der Waals surface area (Å²) in [6, 6.07) is 8.65. The number of ether oxygens (including phenoxy) is 1. The maximum Gasteiger partial charge on any atom is 0.407 e. The molecular formula is C19H30N2O2. The summed E-state index contributed by atoms with van der Waals surface area (Å²) in [6.07, 6.45) is 3.25. The molecule has 1 amide bonds. The third-order valence-electron chi connectivity index (χ3n) is 4.17. The molecule has 0 radical (unpaired) electrons. The maximum atomic E-state index is 11.8. The zero-order valence-corrected chi connectivity index (χ0v) is 15.0. The fourth-order valence-electron chi connectivity index (χ4n) is 3.08. The van der Waals surface area contributed by atoms with Gasteiger partial charge in [-0.2, -0.15) is 0 Å². The molecule has 0 aromatic heterocycles. The lowest BCUT2D eigenvalue weighted by Crippen LogP contribution is -2.32. The van der Waals surface area contributed by atoms with E-state index in [9.17, 15) is 4.79 Å². The molecule has 2 rings (SSSR count). The van der Waals surface area contributed by atoms with Crippen LogP contribution in [0.15, 0.2) is 24.3 Å². The summed E-state index contributed by atoms with van der Waals surface area (Å²) in [7, 11) is 0. The molecule has 128 valence electrons. The van der Waals surface area contributed by atoms with Crippen LogP contribution >= 0.6 is 0 Å². The van der Waals surface area contributed by atoms with Gasteiger partial charge in [-0.3, -0.25) is 0 Å². The Morgan fingerprint density at radius 1 is 1.30 bits per heavy atom. The van der Waals surface area contributed by atoms with E-state index >= 15 is 0 Å². The number of anilines is 1. The summed E-state index contributed by atoms with van der Waals surface area (Å²) in [6.45, 7) is 10.7. The minimum atomic E-state index is -0.475. The highest BCUT2D eigenvalue weighted by atomic mass is 16.6. The lowest BCUT2D eigenvalue weighted by molar-refractivity contribution is 0.0523. The number of para-hydroxylation sites is 1. The molecule has 1 atom stereocenters. The van der Waals surface area contributed by atoms with Crippen molar-refractivity contribution in [3.05, 3.63) is 29.8 Å². The standard InChI is InChI=1S/C19H30N2O2/c1-18(2,3)23-17(22)20-13-14-8-6-7-9-16(14)21-15-10-11-19(4,5)12-15/h6-9,15,21H,10-13H2,1-5H3,(H,20,22). The van der Waals surface area contributed by atoms with Crippen LogP contribution in [0.2, 0.25) is 0 Å². The average Bonchev–Trinajstić information content (AvgIpc) is 2.75. The molecule has 0 spiro atoms. The van der Waals surface area contributed by atoms with Gasteiger partial charge in [0.05, 0.1) is 0 Å². The van der Waals surface area contributed by atoms with Crippen molar-refractivity contribution in [3.63, 3.8) is 0 Å². The second kappa shape index (κ2) is 6.81. The molecule has 4 nitrogen and oxygen atoms in total. The Hall–Kier alpha value is -1.71. The van der Waals surface area contributed by atoms with Gasteiger partial charge in [-0.25, -0.2) is 4.79 Å². The van der Waals surface area contributed by atoms with Crippen molar-refractivity contribution in [1.82, 2.24) is 5.32 Å². The van der Waals surface area contributed by atoms with Crippen molar-refractivity contribution in [2.45, 2.75) is 72.1 Å². The molecule has 1 saturated carbocycles. The molecule has 4 heteroatoms. The Balaban J connectivity index is 1.94. The van der Waals surface area contributed by atoms with Crippen molar-refractivity contribution in [2.75, 3.05) is 5.32 Å². The molecule has 1 aliphatic rings. The van der Waals surface area contributed by atoms with Gasteiger partial charge in [-0.1, -0.05) is 32.0 Å². The second-order valence-electron chi connectivity index (χ2n) is 8.26. The van der Waals surface area contributed by atoms with E-state index in [4.69, 9.17) is 4.74 Å². The molecule has 1 aliphatic carbocycles.